The Morgan fingerprint density at radius 2 is 1.77 bits per heavy atom. The average Bonchev–Trinajstić information content (AvgIpc) is 3.25. The number of sulfonamides is 1. The molecule has 0 spiro atoms. The van der Waals surface area contributed by atoms with Gasteiger partial charge >= 0.3 is 0 Å². The maximum Gasteiger partial charge on any atom is 0.243 e. The SMILES string of the molecule is CN(C)c1ncc(-c2ccc(Cl)cc2)c([C@@H]2CCCN2S(=O)(=O)c2ccccc2)n1. The van der Waals surface area contributed by atoms with E-state index in [4.69, 9.17) is 16.6 Å². The van der Waals surface area contributed by atoms with Crippen LogP contribution in [0.3, 0.4) is 0 Å². The first kappa shape index (κ1) is 20.8. The van der Waals surface area contributed by atoms with Gasteiger partial charge in [0.2, 0.25) is 16.0 Å². The summed E-state index contributed by atoms with van der Waals surface area (Å²) >= 11 is 6.06. The molecule has 8 heteroatoms. The van der Waals surface area contributed by atoms with Crippen LogP contribution in [-0.2, 0) is 10.0 Å². The first-order valence-corrected chi connectivity index (χ1v) is 11.6. The number of benzene rings is 2. The van der Waals surface area contributed by atoms with E-state index >= 15 is 0 Å². The van der Waals surface area contributed by atoms with Crippen LogP contribution in [0, 0.1) is 0 Å². The van der Waals surface area contributed by atoms with E-state index in [1.54, 1.807) is 34.8 Å². The summed E-state index contributed by atoms with van der Waals surface area (Å²) in [5.41, 5.74) is 2.44. The average molecular weight is 443 g/mol. The lowest BCUT2D eigenvalue weighted by molar-refractivity contribution is 0.391. The van der Waals surface area contributed by atoms with E-state index < -0.39 is 10.0 Å². The Kier molecular flexibility index (Phi) is 5.77. The molecule has 1 atom stereocenters. The van der Waals surface area contributed by atoms with Crippen molar-refractivity contribution in [1.82, 2.24) is 14.3 Å². The Balaban J connectivity index is 1.83. The summed E-state index contributed by atoms with van der Waals surface area (Å²) in [6.07, 6.45) is 3.25. The summed E-state index contributed by atoms with van der Waals surface area (Å²) in [5, 5.41) is 0.639. The number of rotatable bonds is 5. The summed E-state index contributed by atoms with van der Waals surface area (Å²) in [6, 6.07) is 15.6. The van der Waals surface area contributed by atoms with Crippen molar-refractivity contribution >= 4 is 27.6 Å². The molecule has 0 bridgehead atoms. The van der Waals surface area contributed by atoms with Gasteiger partial charge in [-0.3, -0.25) is 0 Å². The van der Waals surface area contributed by atoms with E-state index in [0.29, 0.717) is 34.5 Å². The topological polar surface area (TPSA) is 66.4 Å². The molecule has 30 heavy (non-hydrogen) atoms. The van der Waals surface area contributed by atoms with E-state index in [2.05, 4.69) is 4.98 Å². The highest BCUT2D eigenvalue weighted by molar-refractivity contribution is 7.89. The quantitative estimate of drug-likeness (QED) is 0.586. The first-order valence-electron chi connectivity index (χ1n) is 9.75. The fourth-order valence-electron chi connectivity index (χ4n) is 3.74. The summed E-state index contributed by atoms with van der Waals surface area (Å²) in [7, 11) is 0.102. The van der Waals surface area contributed by atoms with E-state index in [0.717, 1.165) is 17.5 Å². The molecule has 1 aliphatic heterocycles. The third kappa shape index (κ3) is 3.93. The molecule has 4 rings (SSSR count). The molecule has 1 saturated heterocycles. The van der Waals surface area contributed by atoms with Crippen LogP contribution in [0.25, 0.3) is 11.1 Å². The standard InChI is InChI=1S/C22H23ClN4O2S/c1-26(2)22-24-15-19(16-10-12-17(23)13-11-16)21(25-22)20-9-6-14-27(20)30(28,29)18-7-4-3-5-8-18/h3-5,7-8,10-13,15,20H,6,9,14H2,1-2H3/t20-/m0/s1. The molecule has 3 aromatic rings. The minimum Gasteiger partial charge on any atom is -0.347 e. The molecule has 1 aliphatic rings. The molecule has 2 heterocycles. The maximum absolute atomic E-state index is 13.4. The molecule has 0 amide bonds. The van der Waals surface area contributed by atoms with Crippen LogP contribution in [-0.4, -0.2) is 43.3 Å². The Morgan fingerprint density at radius 3 is 2.43 bits per heavy atom. The van der Waals surface area contributed by atoms with Crippen LogP contribution in [0.1, 0.15) is 24.6 Å². The Morgan fingerprint density at radius 1 is 1.07 bits per heavy atom. The van der Waals surface area contributed by atoms with Gasteiger partial charge < -0.3 is 4.90 Å². The molecule has 2 aromatic carbocycles. The molecular formula is C22H23ClN4O2S. The van der Waals surface area contributed by atoms with Gasteiger partial charge in [0.05, 0.1) is 16.6 Å². The van der Waals surface area contributed by atoms with Crippen LogP contribution in [0.5, 0.6) is 0 Å². The fourth-order valence-corrected chi connectivity index (χ4v) is 5.54. The number of hydrogen-bond acceptors (Lipinski definition) is 5. The lowest BCUT2D eigenvalue weighted by atomic mass is 10.0. The monoisotopic (exact) mass is 442 g/mol. The Hall–Kier alpha value is -2.48. The summed E-state index contributed by atoms with van der Waals surface area (Å²) in [6.45, 7) is 0.462. The zero-order valence-electron chi connectivity index (χ0n) is 16.9. The highest BCUT2D eigenvalue weighted by Crippen LogP contribution is 2.40. The van der Waals surface area contributed by atoms with Gasteiger partial charge in [-0.05, 0) is 42.7 Å². The summed E-state index contributed by atoms with van der Waals surface area (Å²) < 4.78 is 28.3. The molecule has 0 saturated carbocycles. The maximum atomic E-state index is 13.4. The van der Waals surface area contributed by atoms with Gasteiger partial charge in [0.1, 0.15) is 0 Å². The number of anilines is 1. The number of aromatic nitrogens is 2. The lowest BCUT2D eigenvalue weighted by Gasteiger charge is -2.26. The van der Waals surface area contributed by atoms with E-state index in [1.165, 1.54) is 0 Å². The molecule has 0 radical (unpaired) electrons. The van der Waals surface area contributed by atoms with Crippen molar-refractivity contribution in [3.63, 3.8) is 0 Å². The van der Waals surface area contributed by atoms with Crippen molar-refractivity contribution in [3.8, 4) is 11.1 Å². The minimum absolute atomic E-state index is 0.298. The van der Waals surface area contributed by atoms with Crippen LogP contribution >= 0.6 is 11.6 Å². The highest BCUT2D eigenvalue weighted by Gasteiger charge is 2.38. The molecule has 0 N–H and O–H groups in total. The Bertz CT molecular complexity index is 1140. The first-order chi connectivity index (χ1) is 14.4. The van der Waals surface area contributed by atoms with E-state index in [-0.39, 0.29) is 6.04 Å². The predicted molar refractivity (Wildman–Crippen MR) is 119 cm³/mol. The van der Waals surface area contributed by atoms with Gasteiger partial charge in [-0.2, -0.15) is 4.31 Å². The largest absolute Gasteiger partial charge is 0.347 e. The molecule has 1 fully saturated rings. The zero-order chi connectivity index (χ0) is 21.3. The van der Waals surface area contributed by atoms with Crippen molar-refractivity contribution in [2.45, 2.75) is 23.8 Å². The molecule has 156 valence electrons. The van der Waals surface area contributed by atoms with Crippen LogP contribution in [0.15, 0.2) is 65.7 Å². The molecule has 6 nitrogen and oxygen atoms in total. The smallest absolute Gasteiger partial charge is 0.243 e. The second-order valence-corrected chi connectivity index (χ2v) is 9.78. The fraction of sp³-hybridized carbons (Fsp3) is 0.273. The third-order valence-electron chi connectivity index (χ3n) is 5.23. The summed E-state index contributed by atoms with van der Waals surface area (Å²) in [4.78, 5) is 11.4. The van der Waals surface area contributed by atoms with E-state index in [1.807, 2.05) is 49.3 Å². The van der Waals surface area contributed by atoms with Gasteiger partial charge in [-0.1, -0.05) is 41.9 Å². The number of halogens is 1. The van der Waals surface area contributed by atoms with Gasteiger partial charge in [-0.25, -0.2) is 18.4 Å². The predicted octanol–water partition coefficient (Wildman–Crippen LogP) is 4.39. The second kappa shape index (κ2) is 8.34. The number of nitrogens with zero attached hydrogens (tertiary/aromatic N) is 4. The third-order valence-corrected chi connectivity index (χ3v) is 7.40. The van der Waals surface area contributed by atoms with Crippen LogP contribution in [0.2, 0.25) is 5.02 Å². The van der Waals surface area contributed by atoms with Crippen molar-refractivity contribution in [3.05, 3.63) is 71.5 Å². The van der Waals surface area contributed by atoms with Crippen LogP contribution in [0.4, 0.5) is 5.95 Å². The normalized spacial score (nSPS) is 17.2. The van der Waals surface area contributed by atoms with Gasteiger partial charge in [0, 0.05) is 37.4 Å². The van der Waals surface area contributed by atoms with Gasteiger partial charge in [0.25, 0.3) is 0 Å². The zero-order valence-corrected chi connectivity index (χ0v) is 18.4. The molecular weight excluding hydrogens is 420 g/mol. The second-order valence-electron chi connectivity index (χ2n) is 7.46. The Labute approximate surface area is 182 Å². The van der Waals surface area contributed by atoms with Gasteiger partial charge in [-0.15, -0.1) is 0 Å². The van der Waals surface area contributed by atoms with Crippen molar-refractivity contribution < 1.29 is 8.42 Å². The van der Waals surface area contributed by atoms with E-state index in [9.17, 15) is 8.42 Å². The summed E-state index contributed by atoms with van der Waals surface area (Å²) in [5.74, 6) is 0.548. The number of hydrogen-bond donors (Lipinski definition) is 0. The van der Waals surface area contributed by atoms with Crippen molar-refractivity contribution in [2.24, 2.45) is 0 Å². The van der Waals surface area contributed by atoms with Crippen molar-refractivity contribution in [1.29, 1.82) is 0 Å². The van der Waals surface area contributed by atoms with Crippen LogP contribution < -0.4 is 4.90 Å². The van der Waals surface area contributed by atoms with Gasteiger partial charge in [0.15, 0.2) is 0 Å². The lowest BCUT2D eigenvalue weighted by Crippen LogP contribution is -2.31. The highest BCUT2D eigenvalue weighted by atomic mass is 35.5. The molecule has 1 aromatic heterocycles. The molecule has 0 aliphatic carbocycles. The molecule has 0 unspecified atom stereocenters. The minimum atomic E-state index is -3.64. The van der Waals surface area contributed by atoms with Crippen molar-refractivity contribution in [2.75, 3.05) is 25.5 Å².